The van der Waals surface area contributed by atoms with Crippen molar-refractivity contribution in [3.05, 3.63) is 75.7 Å². The number of halogens is 2. The Kier molecular flexibility index (Phi) is 8.20. The maximum absolute atomic E-state index is 11.7. The van der Waals surface area contributed by atoms with Crippen molar-refractivity contribution < 1.29 is 13.2 Å². The molecule has 196 valence electrons. The van der Waals surface area contributed by atoms with Crippen molar-refractivity contribution in [1.82, 2.24) is 14.3 Å². The minimum atomic E-state index is -3.17. The number of hydrogen-bond acceptors (Lipinski definition) is 9. The number of ether oxygens (including phenoxy) is 1. The lowest BCUT2D eigenvalue weighted by atomic mass is 10.0. The minimum Gasteiger partial charge on any atom is -0.471 e. The molecule has 0 saturated carbocycles. The summed E-state index contributed by atoms with van der Waals surface area (Å²) in [6.45, 7) is 0.945. The summed E-state index contributed by atoms with van der Waals surface area (Å²) in [6, 6.07) is 8.59. The van der Waals surface area contributed by atoms with Gasteiger partial charge in [-0.15, -0.1) is 0 Å². The van der Waals surface area contributed by atoms with Gasteiger partial charge >= 0.3 is 0 Å². The molecular weight excluding hydrogens is 537 g/mol. The van der Waals surface area contributed by atoms with Crippen LogP contribution in [-0.2, 0) is 10.0 Å². The van der Waals surface area contributed by atoms with Gasteiger partial charge in [0, 0.05) is 60.1 Å². The minimum absolute atomic E-state index is 0.117. The summed E-state index contributed by atoms with van der Waals surface area (Å²) in [5.41, 5.74) is 14.3. The molecule has 0 radical (unpaired) electrons. The van der Waals surface area contributed by atoms with E-state index in [0.29, 0.717) is 59.9 Å². The molecule has 0 aliphatic carbocycles. The molecule has 1 aliphatic rings. The number of nitrogens with one attached hydrogen (secondary N) is 2. The quantitative estimate of drug-likeness (QED) is 0.183. The van der Waals surface area contributed by atoms with Crippen LogP contribution in [0, 0.1) is 5.41 Å². The summed E-state index contributed by atoms with van der Waals surface area (Å²) in [7, 11) is -3.17. The molecule has 3 aromatic rings. The Labute approximate surface area is 225 Å². The van der Waals surface area contributed by atoms with Crippen molar-refractivity contribution in [2.24, 2.45) is 5.73 Å². The number of piperidine rings is 1. The monoisotopic (exact) mass is 563 g/mol. The van der Waals surface area contributed by atoms with Crippen LogP contribution in [0.1, 0.15) is 35.8 Å². The summed E-state index contributed by atoms with van der Waals surface area (Å²) in [6.07, 6.45) is 6.10. The number of aromatic nitrogens is 2. The number of nitrogen functional groups attached to an aromatic ring is 1. The molecule has 1 fully saturated rings. The first-order valence-corrected chi connectivity index (χ1v) is 14.0. The van der Waals surface area contributed by atoms with Gasteiger partial charge in [-0.3, -0.25) is 16.1 Å². The standard InChI is InChI=1S/C24H27Cl2N7O3S/c1-37(34,35)33-8-6-15(7-9-33)32-21-5-2-14(11-31-21)23(28)17-10-16(3-4-20(17)27)36-24(29)22-18(25)12-30-13-19(22)26/h2-5,10-13,15,24,28H,6-9,27,29H2,1H3,(H,31,32)/t24-/m0/s1. The third-order valence-corrected chi connectivity index (χ3v) is 7.96. The van der Waals surface area contributed by atoms with Crippen LogP contribution in [0.15, 0.2) is 48.9 Å². The first-order chi connectivity index (χ1) is 17.5. The molecule has 1 saturated heterocycles. The van der Waals surface area contributed by atoms with Crippen molar-refractivity contribution in [2.75, 3.05) is 30.4 Å². The predicted molar refractivity (Wildman–Crippen MR) is 146 cm³/mol. The molecule has 1 atom stereocenters. The highest BCUT2D eigenvalue weighted by Gasteiger charge is 2.25. The Morgan fingerprint density at radius 1 is 1.16 bits per heavy atom. The molecule has 1 aromatic carbocycles. The van der Waals surface area contributed by atoms with Gasteiger partial charge in [-0.1, -0.05) is 23.2 Å². The van der Waals surface area contributed by atoms with Gasteiger partial charge in [-0.05, 0) is 43.2 Å². The zero-order valence-electron chi connectivity index (χ0n) is 20.0. The number of anilines is 2. The van der Waals surface area contributed by atoms with E-state index in [9.17, 15) is 8.42 Å². The lowest BCUT2D eigenvalue weighted by Crippen LogP contribution is -2.41. The van der Waals surface area contributed by atoms with Crippen molar-refractivity contribution in [3.63, 3.8) is 0 Å². The van der Waals surface area contributed by atoms with E-state index in [0.717, 1.165) is 0 Å². The van der Waals surface area contributed by atoms with Gasteiger partial charge in [0.05, 0.1) is 22.0 Å². The van der Waals surface area contributed by atoms with Gasteiger partial charge in [-0.25, -0.2) is 17.7 Å². The summed E-state index contributed by atoms with van der Waals surface area (Å²) < 4.78 is 30.7. The Bertz CT molecular complexity index is 1380. The predicted octanol–water partition coefficient (Wildman–Crippen LogP) is 3.65. The average molecular weight is 564 g/mol. The second kappa shape index (κ2) is 11.2. The third-order valence-electron chi connectivity index (χ3n) is 6.06. The van der Waals surface area contributed by atoms with Gasteiger partial charge in [0.15, 0.2) is 6.23 Å². The van der Waals surface area contributed by atoms with Crippen LogP contribution < -0.4 is 21.5 Å². The highest BCUT2D eigenvalue weighted by Crippen LogP contribution is 2.31. The van der Waals surface area contributed by atoms with Gasteiger partial charge in [0.1, 0.15) is 11.6 Å². The number of pyridine rings is 2. The van der Waals surface area contributed by atoms with E-state index in [1.54, 1.807) is 36.5 Å². The number of nitrogens with two attached hydrogens (primary N) is 2. The molecule has 37 heavy (non-hydrogen) atoms. The molecule has 4 rings (SSSR count). The van der Waals surface area contributed by atoms with E-state index in [1.165, 1.54) is 23.0 Å². The zero-order chi connectivity index (χ0) is 26.7. The smallest absolute Gasteiger partial charge is 0.211 e. The first kappa shape index (κ1) is 27.1. The topological polar surface area (TPSA) is 160 Å². The van der Waals surface area contributed by atoms with Gasteiger partial charge < -0.3 is 15.8 Å². The summed E-state index contributed by atoms with van der Waals surface area (Å²) in [4.78, 5) is 8.35. The molecule has 10 nitrogen and oxygen atoms in total. The first-order valence-electron chi connectivity index (χ1n) is 11.4. The second-order valence-electron chi connectivity index (χ2n) is 8.69. The molecule has 6 N–H and O–H groups in total. The van der Waals surface area contributed by atoms with E-state index in [2.05, 4.69) is 15.3 Å². The lowest BCUT2D eigenvalue weighted by molar-refractivity contribution is 0.214. The summed E-state index contributed by atoms with van der Waals surface area (Å²) >= 11 is 12.4. The maximum Gasteiger partial charge on any atom is 0.211 e. The summed E-state index contributed by atoms with van der Waals surface area (Å²) in [5, 5.41) is 12.6. The Hall–Kier alpha value is -2.96. The number of sulfonamides is 1. The largest absolute Gasteiger partial charge is 0.471 e. The fourth-order valence-corrected chi connectivity index (χ4v) is 5.50. The van der Waals surface area contributed by atoms with Crippen LogP contribution in [0.2, 0.25) is 10.0 Å². The average Bonchev–Trinajstić information content (AvgIpc) is 2.85. The number of benzene rings is 1. The Morgan fingerprint density at radius 3 is 2.43 bits per heavy atom. The lowest BCUT2D eigenvalue weighted by Gasteiger charge is -2.30. The highest BCUT2D eigenvalue weighted by molar-refractivity contribution is 7.88. The number of hydrogen-bond donors (Lipinski definition) is 4. The molecule has 0 unspecified atom stereocenters. The van der Waals surface area contributed by atoms with Crippen LogP contribution >= 0.6 is 23.2 Å². The molecule has 1 aliphatic heterocycles. The number of nitrogens with zero attached hydrogens (tertiary/aromatic N) is 3. The van der Waals surface area contributed by atoms with Crippen molar-refractivity contribution in [3.8, 4) is 5.75 Å². The molecule has 2 aromatic heterocycles. The Morgan fingerprint density at radius 2 is 1.84 bits per heavy atom. The molecule has 0 spiro atoms. The second-order valence-corrected chi connectivity index (χ2v) is 11.5. The van der Waals surface area contributed by atoms with Gasteiger partial charge in [-0.2, -0.15) is 0 Å². The van der Waals surface area contributed by atoms with Crippen LogP contribution in [0.4, 0.5) is 11.5 Å². The fraction of sp³-hybridized carbons (Fsp3) is 0.292. The zero-order valence-corrected chi connectivity index (χ0v) is 22.3. The highest BCUT2D eigenvalue weighted by atomic mass is 35.5. The van der Waals surface area contributed by atoms with Crippen LogP contribution in [0.5, 0.6) is 5.75 Å². The van der Waals surface area contributed by atoms with Gasteiger partial charge in [0.2, 0.25) is 10.0 Å². The summed E-state index contributed by atoms with van der Waals surface area (Å²) in [5.74, 6) is 1.04. The van der Waals surface area contributed by atoms with E-state index in [4.69, 9.17) is 44.8 Å². The van der Waals surface area contributed by atoms with E-state index < -0.39 is 16.3 Å². The number of rotatable bonds is 8. The fourth-order valence-electron chi connectivity index (χ4n) is 4.05. The molecule has 0 amide bonds. The van der Waals surface area contributed by atoms with Crippen LogP contribution in [0.3, 0.4) is 0 Å². The van der Waals surface area contributed by atoms with Crippen LogP contribution in [-0.4, -0.2) is 53.8 Å². The van der Waals surface area contributed by atoms with Crippen molar-refractivity contribution in [2.45, 2.75) is 25.1 Å². The van der Waals surface area contributed by atoms with E-state index in [1.807, 2.05) is 0 Å². The van der Waals surface area contributed by atoms with Crippen molar-refractivity contribution >= 4 is 50.4 Å². The maximum atomic E-state index is 11.7. The SMILES string of the molecule is CS(=O)(=O)N1CCC(Nc2ccc(C(=N)c3cc(O[C@H](N)c4c(Cl)cncc4Cl)ccc3N)cn2)CC1. The molecular formula is C24H27Cl2N7O3S. The third kappa shape index (κ3) is 6.49. The molecule has 3 heterocycles. The molecule has 0 bridgehead atoms. The van der Waals surface area contributed by atoms with Crippen molar-refractivity contribution in [1.29, 1.82) is 5.41 Å². The normalized spacial score (nSPS) is 15.8. The van der Waals surface area contributed by atoms with E-state index in [-0.39, 0.29) is 21.8 Å². The Balaban J connectivity index is 1.43. The van der Waals surface area contributed by atoms with Crippen LogP contribution in [0.25, 0.3) is 0 Å². The van der Waals surface area contributed by atoms with Gasteiger partial charge in [0.25, 0.3) is 0 Å². The van der Waals surface area contributed by atoms with E-state index >= 15 is 0 Å². The molecule has 13 heteroatoms.